The summed E-state index contributed by atoms with van der Waals surface area (Å²) in [6.07, 6.45) is -5.66. The summed E-state index contributed by atoms with van der Waals surface area (Å²) in [5.74, 6) is -2.13. The molecule has 0 aliphatic carbocycles. The molecule has 0 aromatic rings. The third kappa shape index (κ3) is 4.59. The topological polar surface area (TPSA) is 61.8 Å². The van der Waals surface area contributed by atoms with E-state index in [1.54, 1.807) is 20.8 Å². The smallest absolute Gasteiger partial charge is 0.417 e. The molecule has 134 valence electrons. The first kappa shape index (κ1) is 19.7. The molecule has 0 aromatic heterocycles. The second-order valence-electron chi connectivity index (χ2n) is 6.70. The predicted octanol–water partition coefficient (Wildman–Crippen LogP) is 3.21. The van der Waals surface area contributed by atoms with E-state index in [0.29, 0.717) is 6.42 Å². The zero-order valence-corrected chi connectivity index (χ0v) is 14.0. The number of alkyl halides is 3. The molecule has 0 radical (unpaired) electrons. The van der Waals surface area contributed by atoms with Crippen molar-refractivity contribution in [1.82, 2.24) is 0 Å². The summed E-state index contributed by atoms with van der Waals surface area (Å²) < 4.78 is 53.3. The molecule has 0 bridgehead atoms. The lowest BCUT2D eigenvalue weighted by molar-refractivity contribution is -0.287. The highest BCUT2D eigenvalue weighted by Gasteiger charge is 2.59. The molecule has 8 heteroatoms. The van der Waals surface area contributed by atoms with Crippen molar-refractivity contribution in [3.63, 3.8) is 0 Å². The molecule has 0 amide bonds. The maximum absolute atomic E-state index is 12.9. The van der Waals surface area contributed by atoms with Gasteiger partial charge in [0.1, 0.15) is 0 Å². The Bertz CT molecular complexity index is 461. The van der Waals surface area contributed by atoms with Crippen molar-refractivity contribution in [2.45, 2.75) is 65.5 Å². The van der Waals surface area contributed by atoms with Gasteiger partial charge in [-0.05, 0) is 33.6 Å². The third-order valence-electron chi connectivity index (χ3n) is 4.16. The van der Waals surface area contributed by atoms with Gasteiger partial charge in [-0.25, -0.2) is 4.79 Å². The maximum Gasteiger partial charge on any atom is 0.417 e. The average Bonchev–Trinajstić information content (AvgIpc) is 2.71. The lowest BCUT2D eigenvalue weighted by Crippen LogP contribution is -2.42. The van der Waals surface area contributed by atoms with Gasteiger partial charge in [-0.15, -0.1) is 0 Å². The largest absolute Gasteiger partial charge is 0.453 e. The minimum atomic E-state index is -4.56. The number of carbonyl (C=O) groups excluding carboxylic acids is 2. The predicted molar refractivity (Wildman–Crippen MR) is 74.2 cm³/mol. The Balaban J connectivity index is 2.54. The highest BCUT2D eigenvalue weighted by molar-refractivity contribution is 5.79. The lowest BCUT2D eigenvalue weighted by Gasteiger charge is -2.27. The molecule has 0 spiro atoms. The number of rotatable bonds is 5. The van der Waals surface area contributed by atoms with Gasteiger partial charge in [-0.1, -0.05) is 13.8 Å². The van der Waals surface area contributed by atoms with Crippen LogP contribution in [0.3, 0.4) is 0 Å². The Morgan fingerprint density at radius 1 is 1.30 bits per heavy atom. The molecular formula is C15H23F3O5. The van der Waals surface area contributed by atoms with E-state index in [4.69, 9.17) is 14.2 Å². The third-order valence-corrected chi connectivity index (χ3v) is 4.16. The van der Waals surface area contributed by atoms with Gasteiger partial charge in [-0.2, -0.15) is 13.2 Å². The Hall–Kier alpha value is -1.31. The summed E-state index contributed by atoms with van der Waals surface area (Å²) in [5, 5.41) is 0. The van der Waals surface area contributed by atoms with Crippen LogP contribution < -0.4 is 0 Å². The quantitative estimate of drug-likeness (QED) is 0.719. The van der Waals surface area contributed by atoms with E-state index in [0.717, 1.165) is 6.92 Å². The lowest BCUT2D eigenvalue weighted by atomic mass is 9.91. The van der Waals surface area contributed by atoms with Crippen LogP contribution in [0.2, 0.25) is 0 Å². The van der Waals surface area contributed by atoms with Crippen LogP contribution in [0.1, 0.15) is 47.5 Å². The van der Waals surface area contributed by atoms with Crippen molar-refractivity contribution in [3.8, 4) is 0 Å². The van der Waals surface area contributed by atoms with Crippen molar-refractivity contribution < 1.29 is 37.0 Å². The van der Waals surface area contributed by atoms with Gasteiger partial charge in [0.25, 0.3) is 0 Å². The van der Waals surface area contributed by atoms with Gasteiger partial charge in [0, 0.05) is 5.92 Å². The second kappa shape index (κ2) is 6.67. The SMILES string of the molecule is CCC(C)(C)C(=O)OCC(=O)OC1OC(C)(C(F)(F)F)CC1C. The van der Waals surface area contributed by atoms with Gasteiger partial charge in [-0.3, -0.25) is 4.79 Å². The van der Waals surface area contributed by atoms with E-state index in [-0.39, 0.29) is 6.42 Å². The van der Waals surface area contributed by atoms with Crippen LogP contribution in [0.5, 0.6) is 0 Å². The molecule has 0 N–H and O–H groups in total. The number of ether oxygens (including phenoxy) is 3. The molecule has 1 aliphatic rings. The van der Waals surface area contributed by atoms with E-state index in [1.165, 1.54) is 6.92 Å². The maximum atomic E-state index is 12.9. The molecule has 0 saturated carbocycles. The molecule has 1 saturated heterocycles. The van der Waals surface area contributed by atoms with Gasteiger partial charge in [0.05, 0.1) is 5.41 Å². The first-order valence-corrected chi connectivity index (χ1v) is 7.43. The molecule has 0 aromatic carbocycles. The molecule has 1 fully saturated rings. The second-order valence-corrected chi connectivity index (χ2v) is 6.70. The normalized spacial score (nSPS) is 28.5. The zero-order valence-electron chi connectivity index (χ0n) is 14.0. The van der Waals surface area contributed by atoms with Crippen molar-refractivity contribution in [1.29, 1.82) is 0 Å². The van der Waals surface area contributed by atoms with Crippen molar-refractivity contribution >= 4 is 11.9 Å². The van der Waals surface area contributed by atoms with Crippen LogP contribution in [0.15, 0.2) is 0 Å². The van der Waals surface area contributed by atoms with Crippen LogP contribution in [-0.4, -0.2) is 36.6 Å². The molecule has 1 aliphatic heterocycles. The number of hydrogen-bond acceptors (Lipinski definition) is 5. The first-order valence-electron chi connectivity index (χ1n) is 7.43. The van der Waals surface area contributed by atoms with E-state index < -0.39 is 47.9 Å². The minimum Gasteiger partial charge on any atom is -0.453 e. The van der Waals surface area contributed by atoms with Crippen LogP contribution in [0, 0.1) is 11.3 Å². The summed E-state index contributed by atoms with van der Waals surface area (Å²) in [7, 11) is 0. The highest BCUT2D eigenvalue weighted by Crippen LogP contribution is 2.45. The van der Waals surface area contributed by atoms with Gasteiger partial charge >= 0.3 is 18.1 Å². The molecule has 5 nitrogen and oxygen atoms in total. The monoisotopic (exact) mass is 340 g/mol. The van der Waals surface area contributed by atoms with E-state index in [2.05, 4.69) is 0 Å². The summed E-state index contributed by atoms with van der Waals surface area (Å²) in [6, 6.07) is 0. The van der Waals surface area contributed by atoms with E-state index in [1.807, 2.05) is 0 Å². The van der Waals surface area contributed by atoms with Crippen molar-refractivity contribution in [2.24, 2.45) is 11.3 Å². The van der Waals surface area contributed by atoms with E-state index in [9.17, 15) is 22.8 Å². The first-order chi connectivity index (χ1) is 10.3. The fourth-order valence-electron chi connectivity index (χ4n) is 2.08. The highest BCUT2D eigenvalue weighted by atomic mass is 19.4. The number of hydrogen-bond donors (Lipinski definition) is 0. The molecule has 1 heterocycles. The number of esters is 2. The van der Waals surface area contributed by atoms with Crippen LogP contribution in [0.25, 0.3) is 0 Å². The molecular weight excluding hydrogens is 317 g/mol. The molecule has 1 rings (SSSR count). The van der Waals surface area contributed by atoms with Gasteiger partial charge in [0.2, 0.25) is 6.29 Å². The van der Waals surface area contributed by atoms with Crippen molar-refractivity contribution in [3.05, 3.63) is 0 Å². The van der Waals surface area contributed by atoms with E-state index >= 15 is 0 Å². The molecule has 3 unspecified atom stereocenters. The Kier molecular flexibility index (Phi) is 5.72. The Morgan fingerprint density at radius 2 is 1.87 bits per heavy atom. The summed E-state index contributed by atoms with van der Waals surface area (Å²) in [6.45, 7) is 6.89. The molecule has 3 atom stereocenters. The average molecular weight is 340 g/mol. The van der Waals surface area contributed by atoms with Gasteiger partial charge < -0.3 is 14.2 Å². The number of carbonyl (C=O) groups is 2. The van der Waals surface area contributed by atoms with Crippen LogP contribution >= 0.6 is 0 Å². The zero-order chi connectivity index (χ0) is 18.1. The number of halogens is 3. The Labute approximate surface area is 133 Å². The Morgan fingerprint density at radius 3 is 2.30 bits per heavy atom. The summed E-state index contributed by atoms with van der Waals surface area (Å²) in [4.78, 5) is 23.4. The van der Waals surface area contributed by atoms with Gasteiger partial charge in [0.15, 0.2) is 12.2 Å². The molecule has 23 heavy (non-hydrogen) atoms. The fraction of sp³-hybridized carbons (Fsp3) is 0.867. The fourth-order valence-corrected chi connectivity index (χ4v) is 2.08. The van der Waals surface area contributed by atoms with Crippen LogP contribution in [-0.2, 0) is 23.8 Å². The summed E-state index contributed by atoms with van der Waals surface area (Å²) >= 11 is 0. The minimum absolute atomic E-state index is 0.308. The van der Waals surface area contributed by atoms with Crippen molar-refractivity contribution in [2.75, 3.05) is 6.61 Å². The standard InChI is InChI=1S/C15H23F3O5/c1-6-13(3,4)12(20)21-8-10(19)22-11-9(2)7-14(5,23-11)15(16,17)18/h9,11H,6-8H2,1-5H3. The summed E-state index contributed by atoms with van der Waals surface area (Å²) in [5.41, 5.74) is -3.09. The van der Waals surface area contributed by atoms with Crippen LogP contribution in [0.4, 0.5) is 13.2 Å².